The molecule has 0 radical (unpaired) electrons. The van der Waals surface area contributed by atoms with Crippen LogP contribution in [0.15, 0.2) is 35.3 Å². The monoisotopic (exact) mass is 515 g/mol. The number of nitrogens with zero attached hydrogens (tertiary/aromatic N) is 1. The fourth-order valence-corrected chi connectivity index (χ4v) is 3.89. The lowest BCUT2D eigenvalue weighted by molar-refractivity contribution is -0.148. The van der Waals surface area contributed by atoms with E-state index in [2.05, 4.69) is 29.5 Å². The van der Waals surface area contributed by atoms with Crippen molar-refractivity contribution in [1.29, 1.82) is 0 Å². The van der Waals surface area contributed by atoms with E-state index in [9.17, 15) is 14.4 Å². The van der Waals surface area contributed by atoms with Crippen molar-refractivity contribution in [2.24, 2.45) is 4.99 Å². The molecule has 1 atom stereocenters. The number of hydrogen-bond acceptors (Lipinski definition) is 5. The molecule has 1 rings (SSSR count). The summed E-state index contributed by atoms with van der Waals surface area (Å²) in [5.74, 6) is -0.804. The Balaban J connectivity index is 2.41. The van der Waals surface area contributed by atoms with Crippen LogP contribution in [0, 0.1) is 0 Å². The second-order valence-electron chi connectivity index (χ2n) is 9.55. The first kappa shape index (κ1) is 32.3. The minimum Gasteiger partial charge on any atom is -0.462 e. The van der Waals surface area contributed by atoms with Gasteiger partial charge in [0.25, 0.3) is 0 Å². The van der Waals surface area contributed by atoms with Crippen molar-refractivity contribution in [3.05, 3.63) is 35.9 Å². The van der Waals surface area contributed by atoms with Gasteiger partial charge in [0.2, 0.25) is 11.8 Å². The number of hydrogen-bond donors (Lipinski definition) is 2. The summed E-state index contributed by atoms with van der Waals surface area (Å²) < 4.78 is 5.37. The smallest absolute Gasteiger partial charge is 0.328 e. The normalized spacial score (nSPS) is 11.8. The summed E-state index contributed by atoms with van der Waals surface area (Å²) in [6.07, 6.45) is 15.0. The molecule has 0 saturated carbocycles. The van der Waals surface area contributed by atoms with E-state index >= 15 is 0 Å². The van der Waals surface area contributed by atoms with Gasteiger partial charge in [-0.15, -0.1) is 0 Å². The Hall–Kier alpha value is -2.70. The molecule has 0 fully saturated rings. The van der Waals surface area contributed by atoms with Gasteiger partial charge in [0, 0.05) is 25.6 Å². The van der Waals surface area contributed by atoms with Gasteiger partial charge in [-0.3, -0.25) is 14.6 Å². The molecule has 1 aromatic rings. The van der Waals surface area contributed by atoms with E-state index in [0.717, 1.165) is 37.7 Å². The molecule has 2 N–H and O–H groups in total. The lowest BCUT2D eigenvalue weighted by atomic mass is 10.1. The van der Waals surface area contributed by atoms with Crippen molar-refractivity contribution in [3.8, 4) is 0 Å². The van der Waals surface area contributed by atoms with Crippen LogP contribution in [-0.4, -0.2) is 49.7 Å². The van der Waals surface area contributed by atoms with Gasteiger partial charge >= 0.3 is 5.97 Å². The first-order valence-corrected chi connectivity index (χ1v) is 14.3. The Kier molecular flexibility index (Phi) is 19.7. The lowest BCUT2D eigenvalue weighted by Crippen LogP contribution is -2.43. The zero-order valence-electron chi connectivity index (χ0n) is 23.1. The molecule has 7 heteroatoms. The fourth-order valence-electron chi connectivity index (χ4n) is 3.89. The molecule has 0 bridgehead atoms. The summed E-state index contributed by atoms with van der Waals surface area (Å²) >= 11 is 0. The number of amides is 2. The molecular formula is C30H49N3O4. The van der Waals surface area contributed by atoms with Crippen LogP contribution in [0.4, 0.5) is 0 Å². The highest BCUT2D eigenvalue weighted by molar-refractivity contribution is 5.85. The van der Waals surface area contributed by atoms with Gasteiger partial charge in [0.15, 0.2) is 0 Å². The number of aliphatic imine (C=N–C) groups is 1. The highest BCUT2D eigenvalue weighted by Gasteiger charge is 2.23. The number of ether oxygens (including phenoxy) is 1. The van der Waals surface area contributed by atoms with Crippen LogP contribution in [-0.2, 0) is 19.1 Å². The number of benzene rings is 1. The van der Waals surface area contributed by atoms with E-state index in [4.69, 9.17) is 4.74 Å². The van der Waals surface area contributed by atoms with Crippen LogP contribution in [0.1, 0.15) is 109 Å². The first-order valence-electron chi connectivity index (χ1n) is 14.3. The molecule has 0 unspecified atom stereocenters. The molecule has 0 heterocycles. The zero-order valence-corrected chi connectivity index (χ0v) is 23.1. The van der Waals surface area contributed by atoms with Crippen molar-refractivity contribution in [3.63, 3.8) is 0 Å². The highest BCUT2D eigenvalue weighted by Crippen LogP contribution is 2.11. The Morgan fingerprint density at radius 1 is 0.838 bits per heavy atom. The van der Waals surface area contributed by atoms with E-state index in [0.29, 0.717) is 19.5 Å². The van der Waals surface area contributed by atoms with E-state index in [1.165, 1.54) is 38.5 Å². The first-order chi connectivity index (χ1) is 18.1. The standard InChI is InChI=1S/C30H49N3O4/c1-3-5-7-8-9-10-11-12-16-19-29(35)33-27(20-21-28(34)32-22-6-4-2)30(36)37-24-23-31-25-26-17-14-13-15-18-26/h13-15,17-18,25,27H,3-12,16,19-24H2,1-2H3,(H,32,34)(H,33,35)/t27-/m0/s1. The lowest BCUT2D eigenvalue weighted by Gasteiger charge is -2.17. The largest absolute Gasteiger partial charge is 0.462 e. The predicted molar refractivity (Wildman–Crippen MR) is 151 cm³/mol. The molecule has 0 saturated heterocycles. The number of nitrogens with one attached hydrogen (secondary N) is 2. The molecule has 0 aliphatic carbocycles. The average Bonchev–Trinajstić information content (AvgIpc) is 2.90. The second kappa shape index (κ2) is 22.5. The third kappa shape index (κ3) is 18.2. The number of rotatable bonds is 22. The van der Waals surface area contributed by atoms with Crippen molar-refractivity contribution >= 4 is 24.0 Å². The van der Waals surface area contributed by atoms with Crippen LogP contribution in [0.3, 0.4) is 0 Å². The van der Waals surface area contributed by atoms with Gasteiger partial charge in [-0.25, -0.2) is 4.79 Å². The van der Waals surface area contributed by atoms with Crippen molar-refractivity contribution in [2.45, 2.75) is 110 Å². The molecular weight excluding hydrogens is 466 g/mol. The van der Waals surface area contributed by atoms with Gasteiger partial charge < -0.3 is 15.4 Å². The fraction of sp³-hybridized carbons (Fsp3) is 0.667. The molecule has 1 aromatic carbocycles. The topological polar surface area (TPSA) is 96.9 Å². The van der Waals surface area contributed by atoms with E-state index in [1.54, 1.807) is 6.21 Å². The van der Waals surface area contributed by atoms with Gasteiger partial charge in [0.05, 0.1) is 6.54 Å². The summed E-state index contributed by atoms with van der Waals surface area (Å²) in [6, 6.07) is 8.86. The molecule has 0 aromatic heterocycles. The van der Waals surface area contributed by atoms with Crippen LogP contribution in [0.2, 0.25) is 0 Å². The highest BCUT2D eigenvalue weighted by atomic mass is 16.5. The maximum atomic E-state index is 12.7. The Morgan fingerprint density at radius 3 is 2.16 bits per heavy atom. The molecule has 208 valence electrons. The number of esters is 1. The van der Waals surface area contributed by atoms with Crippen molar-refractivity contribution in [1.82, 2.24) is 10.6 Å². The zero-order chi connectivity index (χ0) is 27.0. The number of carbonyl (C=O) groups is 3. The van der Waals surface area contributed by atoms with Crippen LogP contribution < -0.4 is 10.6 Å². The molecule has 0 spiro atoms. The van der Waals surface area contributed by atoms with Crippen molar-refractivity contribution in [2.75, 3.05) is 19.7 Å². The third-order valence-electron chi connectivity index (χ3n) is 6.14. The third-order valence-corrected chi connectivity index (χ3v) is 6.14. The van der Waals surface area contributed by atoms with E-state index in [1.807, 2.05) is 30.3 Å². The minimum absolute atomic E-state index is 0.119. The van der Waals surface area contributed by atoms with E-state index in [-0.39, 0.29) is 31.3 Å². The Bertz CT molecular complexity index is 767. The molecule has 2 amide bonds. The van der Waals surface area contributed by atoms with Crippen LogP contribution in [0.5, 0.6) is 0 Å². The van der Waals surface area contributed by atoms with Gasteiger partial charge in [-0.1, -0.05) is 102 Å². The maximum Gasteiger partial charge on any atom is 0.328 e. The van der Waals surface area contributed by atoms with Crippen molar-refractivity contribution < 1.29 is 19.1 Å². The Labute approximate surface area is 224 Å². The quantitative estimate of drug-likeness (QED) is 0.117. The van der Waals surface area contributed by atoms with Gasteiger partial charge in [-0.2, -0.15) is 0 Å². The maximum absolute atomic E-state index is 12.7. The molecule has 0 aliphatic rings. The van der Waals surface area contributed by atoms with Crippen LogP contribution >= 0.6 is 0 Å². The summed E-state index contributed by atoms with van der Waals surface area (Å²) in [4.78, 5) is 41.6. The number of carbonyl (C=O) groups excluding carboxylic acids is 3. The minimum atomic E-state index is -0.832. The number of unbranched alkanes of at least 4 members (excludes halogenated alkanes) is 9. The Morgan fingerprint density at radius 2 is 1.49 bits per heavy atom. The predicted octanol–water partition coefficient (Wildman–Crippen LogP) is 5.75. The summed E-state index contributed by atoms with van der Waals surface area (Å²) in [6.45, 7) is 5.35. The second-order valence-corrected chi connectivity index (χ2v) is 9.55. The average molecular weight is 516 g/mol. The molecule has 7 nitrogen and oxygen atoms in total. The summed E-state index contributed by atoms with van der Waals surface area (Å²) in [7, 11) is 0. The molecule has 0 aliphatic heterocycles. The van der Waals surface area contributed by atoms with Gasteiger partial charge in [-0.05, 0) is 24.8 Å². The van der Waals surface area contributed by atoms with E-state index < -0.39 is 12.0 Å². The van der Waals surface area contributed by atoms with Gasteiger partial charge in [0.1, 0.15) is 12.6 Å². The van der Waals surface area contributed by atoms with Crippen LogP contribution in [0.25, 0.3) is 0 Å². The SMILES string of the molecule is CCCCCCCCCCCC(=O)N[C@@H](CCC(=O)NCCCC)C(=O)OCCN=Cc1ccccc1. The molecule has 37 heavy (non-hydrogen) atoms. The summed E-state index contributed by atoms with van der Waals surface area (Å²) in [5.41, 5.74) is 0.976. The summed E-state index contributed by atoms with van der Waals surface area (Å²) in [5, 5.41) is 5.65.